The van der Waals surface area contributed by atoms with E-state index in [4.69, 9.17) is 18.6 Å². The molecule has 0 spiro atoms. The molecule has 72 valence electrons. The van der Waals surface area contributed by atoms with Crippen LogP contribution in [0.1, 0.15) is 6.42 Å². The molecule has 2 heterocycles. The van der Waals surface area contributed by atoms with Crippen molar-refractivity contribution in [3.8, 4) is 0 Å². The van der Waals surface area contributed by atoms with Crippen LogP contribution in [0.2, 0.25) is 13.1 Å². The van der Waals surface area contributed by atoms with Gasteiger partial charge in [0.15, 0.2) is 0 Å². The first-order valence-electron chi connectivity index (χ1n) is 4.85. The van der Waals surface area contributed by atoms with Crippen LogP contribution < -0.4 is 0 Å². The molecule has 4 nitrogen and oxygen atoms in total. The quantitative estimate of drug-likeness (QED) is 0.583. The van der Waals surface area contributed by atoms with Gasteiger partial charge < -0.3 is 18.6 Å². The third-order valence-electron chi connectivity index (χ3n) is 2.25. The molecule has 0 bridgehead atoms. The van der Waals surface area contributed by atoms with Gasteiger partial charge in [-0.2, -0.15) is 0 Å². The van der Waals surface area contributed by atoms with Gasteiger partial charge in [-0.3, -0.25) is 0 Å². The van der Waals surface area contributed by atoms with Gasteiger partial charge in [-0.15, -0.1) is 0 Å². The van der Waals surface area contributed by atoms with E-state index in [2.05, 4.69) is 0 Å². The van der Waals surface area contributed by atoms with Crippen molar-refractivity contribution in [3.05, 3.63) is 0 Å². The summed E-state index contributed by atoms with van der Waals surface area (Å²) in [7, 11) is -0.166. The van der Waals surface area contributed by atoms with Crippen LogP contribution >= 0.6 is 0 Å². The first-order valence-corrected chi connectivity index (χ1v) is 4.85. The fourth-order valence-corrected chi connectivity index (χ4v) is 1.60. The summed E-state index contributed by atoms with van der Waals surface area (Å²) in [6.07, 6.45) is 1.91. The second kappa shape index (κ2) is 4.46. The first-order chi connectivity index (χ1) is 6.34. The third-order valence-corrected chi connectivity index (χ3v) is 2.25. The second-order valence-corrected chi connectivity index (χ2v) is 3.42. The average Bonchev–Trinajstić information content (AvgIpc) is 2.53. The van der Waals surface area contributed by atoms with Gasteiger partial charge in [-0.05, 0) is 13.2 Å². The SMILES string of the molecule is CB1OCC(CB2OCCCO2)O1. The van der Waals surface area contributed by atoms with Gasteiger partial charge >= 0.3 is 14.2 Å². The van der Waals surface area contributed by atoms with E-state index in [1.807, 2.05) is 6.82 Å². The zero-order valence-corrected chi connectivity index (χ0v) is 7.90. The van der Waals surface area contributed by atoms with E-state index in [1.54, 1.807) is 0 Å². The third kappa shape index (κ3) is 2.71. The maximum atomic E-state index is 5.48. The Labute approximate surface area is 79.2 Å². The van der Waals surface area contributed by atoms with Crippen LogP contribution in [0.5, 0.6) is 0 Å². The van der Waals surface area contributed by atoms with Gasteiger partial charge in [-0.25, -0.2) is 0 Å². The van der Waals surface area contributed by atoms with E-state index >= 15 is 0 Å². The minimum Gasteiger partial charge on any atom is -0.411 e. The molecule has 13 heavy (non-hydrogen) atoms. The standard InChI is InChI=1S/C7H14B2O4/c1-8-12-6-7(13-8)5-9-10-3-2-4-11-9/h7H,2-6H2,1H3. The molecule has 0 N–H and O–H groups in total. The molecular formula is C7H14B2O4. The fraction of sp³-hybridized carbons (Fsp3) is 1.00. The number of rotatable bonds is 2. The number of hydrogen-bond donors (Lipinski definition) is 0. The minimum atomic E-state index is -0.0901. The molecule has 0 aliphatic carbocycles. The average molecular weight is 184 g/mol. The van der Waals surface area contributed by atoms with Gasteiger partial charge in [0.1, 0.15) is 0 Å². The summed E-state index contributed by atoms with van der Waals surface area (Å²) in [5, 5.41) is 0. The first kappa shape index (κ1) is 9.52. The van der Waals surface area contributed by atoms with Crippen LogP contribution in [0.25, 0.3) is 0 Å². The lowest BCUT2D eigenvalue weighted by atomic mass is 9.80. The van der Waals surface area contributed by atoms with Crippen molar-refractivity contribution in [1.29, 1.82) is 0 Å². The van der Waals surface area contributed by atoms with Crippen LogP contribution in [-0.2, 0) is 18.6 Å². The molecule has 2 saturated heterocycles. The predicted octanol–water partition coefficient (Wildman–Crippen LogP) is 0.445. The Hall–Kier alpha value is -0.0301. The molecule has 0 aromatic rings. The van der Waals surface area contributed by atoms with Gasteiger partial charge in [-0.1, -0.05) is 0 Å². The van der Waals surface area contributed by atoms with Gasteiger partial charge in [0.2, 0.25) is 0 Å². The van der Waals surface area contributed by atoms with Crippen LogP contribution in [0.3, 0.4) is 0 Å². The van der Waals surface area contributed by atoms with E-state index < -0.39 is 0 Å². The van der Waals surface area contributed by atoms with Crippen molar-refractivity contribution in [1.82, 2.24) is 0 Å². The summed E-state index contributed by atoms with van der Waals surface area (Å²) in [6, 6.07) is 0. The number of hydrogen-bond acceptors (Lipinski definition) is 4. The lowest BCUT2D eigenvalue weighted by Gasteiger charge is -2.21. The van der Waals surface area contributed by atoms with Crippen LogP contribution in [-0.4, -0.2) is 40.2 Å². The Balaban J connectivity index is 1.71. The second-order valence-electron chi connectivity index (χ2n) is 3.42. The van der Waals surface area contributed by atoms with Crippen molar-refractivity contribution in [2.45, 2.75) is 25.7 Å². The molecule has 0 radical (unpaired) electrons. The maximum Gasteiger partial charge on any atom is 0.459 e. The predicted molar refractivity (Wildman–Crippen MR) is 49.5 cm³/mol. The van der Waals surface area contributed by atoms with E-state index in [9.17, 15) is 0 Å². The largest absolute Gasteiger partial charge is 0.459 e. The summed E-state index contributed by atoms with van der Waals surface area (Å²) in [5.74, 6) is 0. The summed E-state index contributed by atoms with van der Waals surface area (Å²) in [6.45, 7) is 4.16. The van der Waals surface area contributed by atoms with Crippen LogP contribution in [0.4, 0.5) is 0 Å². The molecule has 1 unspecified atom stereocenters. The summed E-state index contributed by atoms with van der Waals surface area (Å²) < 4.78 is 21.6. The highest BCUT2D eigenvalue weighted by Gasteiger charge is 2.33. The van der Waals surface area contributed by atoms with E-state index in [0.717, 1.165) is 26.0 Å². The molecule has 0 aromatic heterocycles. The van der Waals surface area contributed by atoms with E-state index in [1.165, 1.54) is 0 Å². The topological polar surface area (TPSA) is 36.9 Å². The molecule has 2 fully saturated rings. The monoisotopic (exact) mass is 184 g/mol. The molecule has 0 aromatic carbocycles. The van der Waals surface area contributed by atoms with Crippen molar-refractivity contribution < 1.29 is 18.6 Å². The lowest BCUT2D eigenvalue weighted by molar-refractivity contribution is 0.123. The maximum absolute atomic E-state index is 5.48. The Bertz CT molecular complexity index is 160. The van der Waals surface area contributed by atoms with Crippen LogP contribution in [0.15, 0.2) is 0 Å². The highest BCUT2D eigenvalue weighted by Crippen LogP contribution is 2.16. The molecule has 2 aliphatic rings. The Kier molecular flexibility index (Phi) is 3.27. The smallest absolute Gasteiger partial charge is 0.411 e. The van der Waals surface area contributed by atoms with Crippen molar-refractivity contribution in [2.75, 3.05) is 19.8 Å². The van der Waals surface area contributed by atoms with Gasteiger partial charge in [0.25, 0.3) is 0 Å². The van der Waals surface area contributed by atoms with Crippen molar-refractivity contribution in [3.63, 3.8) is 0 Å². The summed E-state index contributed by atoms with van der Waals surface area (Å²) in [4.78, 5) is 0. The van der Waals surface area contributed by atoms with Crippen LogP contribution in [0, 0.1) is 0 Å². The molecular weight excluding hydrogens is 170 g/mol. The Morgan fingerprint density at radius 3 is 2.62 bits per heavy atom. The lowest BCUT2D eigenvalue weighted by Crippen LogP contribution is -2.33. The summed E-state index contributed by atoms with van der Waals surface area (Å²) in [5.41, 5.74) is 0. The van der Waals surface area contributed by atoms with Crippen molar-refractivity contribution >= 4 is 14.2 Å². The highest BCUT2D eigenvalue weighted by molar-refractivity contribution is 6.46. The molecule has 0 saturated carbocycles. The molecule has 0 amide bonds. The summed E-state index contributed by atoms with van der Waals surface area (Å²) >= 11 is 0. The van der Waals surface area contributed by atoms with E-state index in [0.29, 0.717) is 6.61 Å². The van der Waals surface area contributed by atoms with Crippen molar-refractivity contribution in [2.24, 2.45) is 0 Å². The zero-order chi connectivity index (χ0) is 9.10. The molecule has 1 atom stereocenters. The van der Waals surface area contributed by atoms with Gasteiger partial charge in [0, 0.05) is 19.5 Å². The Morgan fingerprint density at radius 2 is 2.00 bits per heavy atom. The molecule has 6 heteroatoms. The highest BCUT2D eigenvalue weighted by atomic mass is 16.6. The molecule has 2 rings (SSSR count). The normalized spacial score (nSPS) is 29.8. The van der Waals surface area contributed by atoms with E-state index in [-0.39, 0.29) is 20.3 Å². The zero-order valence-electron chi connectivity index (χ0n) is 7.90. The van der Waals surface area contributed by atoms with Gasteiger partial charge in [0.05, 0.1) is 12.7 Å². The fourth-order valence-electron chi connectivity index (χ4n) is 1.60. The minimum absolute atomic E-state index is 0.0754. The molecule has 2 aliphatic heterocycles. The Morgan fingerprint density at radius 1 is 1.23 bits per heavy atom.